The number of furan rings is 1. The average molecular weight is 509 g/mol. The van der Waals surface area contributed by atoms with Gasteiger partial charge in [0.2, 0.25) is 0 Å². The summed E-state index contributed by atoms with van der Waals surface area (Å²) in [6.45, 7) is 0. The molecule has 5 rings (SSSR count). The van der Waals surface area contributed by atoms with Crippen LogP contribution in [-0.2, 0) is 0 Å². The topological polar surface area (TPSA) is 44.5 Å². The lowest BCUT2D eigenvalue weighted by molar-refractivity contribution is 0.439. The Hall–Kier alpha value is -3.06. The number of hydrogen-bond acceptors (Lipinski definition) is 4. The van der Waals surface area contributed by atoms with Crippen molar-refractivity contribution in [1.29, 1.82) is 0 Å². The summed E-state index contributed by atoms with van der Waals surface area (Å²) in [5.41, 5.74) is 3.82. The highest BCUT2D eigenvalue weighted by molar-refractivity contribution is 7.80. The highest BCUT2D eigenvalue weighted by Gasteiger charge is 2.42. The maximum absolute atomic E-state index is 6.38. The molecule has 1 N–H and O–H groups in total. The molecular weight excluding hydrogens is 487 g/mol. The van der Waals surface area contributed by atoms with Gasteiger partial charge in [-0.3, -0.25) is 4.98 Å². The summed E-state index contributed by atoms with van der Waals surface area (Å²) in [7, 11) is 4.04. The van der Waals surface area contributed by atoms with Crippen molar-refractivity contribution in [1.82, 2.24) is 10.3 Å². The number of aromatic nitrogens is 1. The van der Waals surface area contributed by atoms with Crippen LogP contribution in [0.3, 0.4) is 0 Å². The van der Waals surface area contributed by atoms with Gasteiger partial charge >= 0.3 is 0 Å². The molecule has 0 unspecified atom stereocenters. The predicted octanol–water partition coefficient (Wildman–Crippen LogP) is 6.89. The third-order valence-electron chi connectivity index (χ3n) is 5.86. The number of thiocarbonyl (C=S) groups is 1. The van der Waals surface area contributed by atoms with E-state index >= 15 is 0 Å². The van der Waals surface area contributed by atoms with Crippen molar-refractivity contribution in [2.75, 3.05) is 23.9 Å². The normalized spacial score (nSPS) is 17.6. The molecule has 2 aromatic carbocycles. The SMILES string of the molecule is CN(C)c1ccc(N2C(=S)N[C@@H](c3ccccn3)[C@@H]2c2ccc(-c3ccc(Cl)c(Cl)c3)o2)cc1. The standard InChI is InChI=1S/C26H22Cl2N4OS/c1-31(2)17-7-9-18(10-8-17)32-25(24(30-26(32)34)21-5-3-4-14-29-21)23-13-12-22(33-23)16-6-11-19(27)20(28)15-16/h3-15,24-25H,1-2H3,(H,30,34)/t24-,25-/m0/s1. The van der Waals surface area contributed by atoms with E-state index in [1.54, 1.807) is 18.3 Å². The van der Waals surface area contributed by atoms with E-state index in [2.05, 4.69) is 44.4 Å². The quantitative estimate of drug-likeness (QED) is 0.296. The fourth-order valence-corrected chi connectivity index (χ4v) is 4.79. The molecule has 1 fully saturated rings. The van der Waals surface area contributed by atoms with Crippen LogP contribution in [0.1, 0.15) is 23.5 Å². The van der Waals surface area contributed by atoms with Crippen LogP contribution in [-0.4, -0.2) is 24.2 Å². The van der Waals surface area contributed by atoms with Crippen LogP contribution in [0.2, 0.25) is 10.0 Å². The fourth-order valence-electron chi connectivity index (χ4n) is 4.15. The maximum Gasteiger partial charge on any atom is 0.174 e. The second-order valence-electron chi connectivity index (χ2n) is 8.24. The van der Waals surface area contributed by atoms with Gasteiger partial charge in [-0.2, -0.15) is 0 Å². The molecule has 1 saturated heterocycles. The van der Waals surface area contributed by atoms with Crippen LogP contribution in [0.25, 0.3) is 11.3 Å². The third kappa shape index (κ3) is 4.25. The summed E-state index contributed by atoms with van der Waals surface area (Å²) in [5, 5.41) is 5.06. The molecule has 0 radical (unpaired) electrons. The van der Waals surface area contributed by atoms with E-state index in [-0.39, 0.29) is 12.1 Å². The molecule has 2 aromatic heterocycles. The minimum absolute atomic E-state index is 0.185. The molecular formula is C26H22Cl2N4OS. The second kappa shape index (κ2) is 9.29. The first-order chi connectivity index (χ1) is 16.4. The van der Waals surface area contributed by atoms with Crippen molar-refractivity contribution in [3.8, 4) is 11.3 Å². The van der Waals surface area contributed by atoms with Gasteiger partial charge in [0.1, 0.15) is 17.6 Å². The predicted molar refractivity (Wildman–Crippen MR) is 143 cm³/mol. The lowest BCUT2D eigenvalue weighted by Crippen LogP contribution is -2.29. The Bertz CT molecular complexity index is 1320. The van der Waals surface area contributed by atoms with Crippen LogP contribution >= 0.6 is 35.4 Å². The molecule has 3 heterocycles. The van der Waals surface area contributed by atoms with Gasteiger partial charge in [-0.15, -0.1) is 0 Å². The zero-order valence-corrected chi connectivity index (χ0v) is 20.9. The average Bonchev–Trinajstić information content (AvgIpc) is 3.46. The highest BCUT2D eigenvalue weighted by Crippen LogP contribution is 2.43. The van der Waals surface area contributed by atoms with E-state index in [1.807, 2.05) is 50.5 Å². The number of nitrogens with zero attached hydrogens (tertiary/aromatic N) is 3. The zero-order valence-electron chi connectivity index (χ0n) is 18.6. The van der Waals surface area contributed by atoms with E-state index in [1.165, 1.54) is 0 Å². The minimum Gasteiger partial charge on any atom is -0.459 e. The number of hydrogen-bond donors (Lipinski definition) is 1. The number of benzene rings is 2. The highest BCUT2D eigenvalue weighted by atomic mass is 35.5. The first-order valence-corrected chi connectivity index (χ1v) is 11.9. The van der Waals surface area contributed by atoms with Crippen LogP contribution in [0.4, 0.5) is 11.4 Å². The Morgan fingerprint density at radius 3 is 2.44 bits per heavy atom. The largest absolute Gasteiger partial charge is 0.459 e. The monoisotopic (exact) mass is 508 g/mol. The number of anilines is 2. The van der Waals surface area contributed by atoms with Crippen molar-refractivity contribution >= 4 is 51.9 Å². The summed E-state index contributed by atoms with van der Waals surface area (Å²) >= 11 is 18.1. The number of halogens is 2. The van der Waals surface area contributed by atoms with Crippen molar-refractivity contribution in [2.45, 2.75) is 12.1 Å². The molecule has 8 heteroatoms. The molecule has 1 aliphatic rings. The number of nitrogens with one attached hydrogen (secondary N) is 1. The fraction of sp³-hybridized carbons (Fsp3) is 0.154. The summed E-state index contributed by atoms with van der Waals surface area (Å²) in [6, 6.07) is 23.1. The van der Waals surface area contributed by atoms with Crippen molar-refractivity contribution in [3.63, 3.8) is 0 Å². The van der Waals surface area contributed by atoms with E-state index in [9.17, 15) is 0 Å². The minimum atomic E-state index is -0.232. The molecule has 0 amide bonds. The first kappa shape index (κ1) is 22.7. The van der Waals surface area contributed by atoms with Gasteiger partial charge in [-0.05, 0) is 78.9 Å². The van der Waals surface area contributed by atoms with Gasteiger partial charge in [-0.25, -0.2) is 0 Å². The lowest BCUT2D eigenvalue weighted by atomic mass is 10.0. The lowest BCUT2D eigenvalue weighted by Gasteiger charge is -2.26. The van der Waals surface area contributed by atoms with E-state index in [4.69, 9.17) is 39.8 Å². The molecule has 1 aliphatic heterocycles. The molecule has 0 bridgehead atoms. The van der Waals surface area contributed by atoms with Gasteiger partial charge in [0, 0.05) is 37.2 Å². The van der Waals surface area contributed by atoms with E-state index < -0.39 is 0 Å². The van der Waals surface area contributed by atoms with Gasteiger partial charge in [-0.1, -0.05) is 29.3 Å². The molecule has 0 aliphatic carbocycles. The van der Waals surface area contributed by atoms with Gasteiger partial charge < -0.3 is 19.5 Å². The molecule has 0 spiro atoms. The number of rotatable bonds is 5. The Labute approximate surface area is 213 Å². The smallest absolute Gasteiger partial charge is 0.174 e. The summed E-state index contributed by atoms with van der Waals surface area (Å²) in [6.07, 6.45) is 1.79. The molecule has 172 valence electrons. The third-order valence-corrected chi connectivity index (χ3v) is 6.92. The number of pyridine rings is 1. The van der Waals surface area contributed by atoms with Gasteiger partial charge in [0.05, 0.1) is 21.8 Å². The molecule has 2 atom stereocenters. The molecule has 34 heavy (non-hydrogen) atoms. The van der Waals surface area contributed by atoms with E-state index in [0.29, 0.717) is 20.9 Å². The van der Waals surface area contributed by atoms with E-state index in [0.717, 1.165) is 28.4 Å². The van der Waals surface area contributed by atoms with Crippen molar-refractivity contribution in [3.05, 3.63) is 100 Å². The van der Waals surface area contributed by atoms with Crippen LogP contribution in [0.5, 0.6) is 0 Å². The maximum atomic E-state index is 6.38. The summed E-state index contributed by atoms with van der Waals surface area (Å²) in [5.74, 6) is 1.47. The summed E-state index contributed by atoms with van der Waals surface area (Å²) in [4.78, 5) is 8.75. The molecule has 4 aromatic rings. The van der Waals surface area contributed by atoms with Gasteiger partial charge in [0.25, 0.3) is 0 Å². The Kier molecular flexibility index (Phi) is 6.21. The Balaban J connectivity index is 1.57. The van der Waals surface area contributed by atoms with Crippen molar-refractivity contribution < 1.29 is 4.42 Å². The Morgan fingerprint density at radius 2 is 1.76 bits per heavy atom. The van der Waals surface area contributed by atoms with Crippen LogP contribution in [0, 0.1) is 0 Å². The first-order valence-electron chi connectivity index (χ1n) is 10.8. The van der Waals surface area contributed by atoms with Crippen molar-refractivity contribution in [2.24, 2.45) is 0 Å². The Morgan fingerprint density at radius 1 is 0.971 bits per heavy atom. The molecule has 0 saturated carbocycles. The van der Waals surface area contributed by atoms with Crippen LogP contribution < -0.4 is 15.1 Å². The second-order valence-corrected chi connectivity index (χ2v) is 9.44. The van der Waals surface area contributed by atoms with Gasteiger partial charge in [0.15, 0.2) is 5.11 Å². The summed E-state index contributed by atoms with van der Waals surface area (Å²) < 4.78 is 6.38. The molecule has 5 nitrogen and oxygen atoms in total. The zero-order chi connectivity index (χ0) is 23.8. The van der Waals surface area contributed by atoms with Crippen LogP contribution in [0.15, 0.2) is 83.4 Å².